The van der Waals surface area contributed by atoms with Crippen molar-refractivity contribution >= 4 is 17.7 Å². The van der Waals surface area contributed by atoms with Gasteiger partial charge in [0.1, 0.15) is 11.7 Å². The number of aliphatic carboxylic acids is 1. The molecule has 1 saturated heterocycles. The first-order valence-electron chi connectivity index (χ1n) is 15.3. The van der Waals surface area contributed by atoms with E-state index in [1.807, 2.05) is 0 Å². The van der Waals surface area contributed by atoms with E-state index in [-0.39, 0.29) is 48.5 Å². The topological polar surface area (TPSA) is 166 Å². The average Bonchev–Trinajstić information content (AvgIpc) is 2.91. The highest BCUT2D eigenvalue weighted by atomic mass is 16.6. The third-order valence-electron chi connectivity index (χ3n) is 11.0. The van der Waals surface area contributed by atoms with E-state index >= 15 is 0 Å². The second-order valence-electron chi connectivity index (χ2n) is 13.9. The van der Waals surface area contributed by atoms with Gasteiger partial charge in [0.15, 0.2) is 5.78 Å². The number of ketones is 1. The van der Waals surface area contributed by atoms with Crippen molar-refractivity contribution in [2.45, 2.75) is 77.1 Å². The number of fused-ring (bicyclic) bond motifs is 3. The van der Waals surface area contributed by atoms with Crippen molar-refractivity contribution in [3.8, 4) is 0 Å². The third-order valence-corrected chi connectivity index (χ3v) is 11.0. The molecule has 0 aromatic heterocycles. The fraction of sp³-hybridized carbons (Fsp3) is 0.839. The van der Waals surface area contributed by atoms with Crippen LogP contribution in [0.2, 0.25) is 0 Å². The largest absolute Gasteiger partial charge is 0.481 e. The van der Waals surface area contributed by atoms with Crippen molar-refractivity contribution in [3.05, 3.63) is 11.6 Å². The van der Waals surface area contributed by atoms with Gasteiger partial charge in [-0.2, -0.15) is 0 Å². The first kappa shape index (κ1) is 30.6. The molecule has 10 heteroatoms. The number of allylic oxidation sites excluding steroid dienone is 1. The zero-order chi connectivity index (χ0) is 29.7. The molecule has 0 amide bonds. The minimum atomic E-state index is -1.61. The molecule has 5 rings (SSSR count). The molecule has 230 valence electrons. The number of hydrogen-bond acceptors (Lipinski definition) is 9. The van der Waals surface area contributed by atoms with Crippen molar-refractivity contribution in [3.63, 3.8) is 0 Å². The maximum absolute atomic E-state index is 13.9. The minimum Gasteiger partial charge on any atom is -0.481 e. The van der Waals surface area contributed by atoms with Crippen molar-refractivity contribution in [2.75, 3.05) is 33.0 Å². The Kier molecular flexibility index (Phi) is 8.72. The van der Waals surface area contributed by atoms with Crippen LogP contribution in [0.5, 0.6) is 0 Å². The van der Waals surface area contributed by atoms with Crippen LogP contribution in [0.3, 0.4) is 0 Å². The Balaban J connectivity index is 1.49. The van der Waals surface area contributed by atoms with E-state index in [9.17, 15) is 29.7 Å². The Morgan fingerprint density at radius 1 is 1.22 bits per heavy atom. The molecule has 5 N–H and O–H groups in total. The summed E-state index contributed by atoms with van der Waals surface area (Å²) in [5.74, 6) is -2.17. The molecular weight excluding hydrogens is 530 g/mol. The molecule has 5 aliphatic rings. The van der Waals surface area contributed by atoms with E-state index in [0.29, 0.717) is 25.6 Å². The second kappa shape index (κ2) is 11.7. The smallest absolute Gasteiger partial charge is 0.307 e. The first-order valence-corrected chi connectivity index (χ1v) is 15.3. The summed E-state index contributed by atoms with van der Waals surface area (Å²) in [5.41, 5.74) is 4.60. The lowest BCUT2D eigenvalue weighted by Crippen LogP contribution is -2.65. The average molecular weight is 578 g/mol. The van der Waals surface area contributed by atoms with Crippen molar-refractivity contribution in [1.82, 2.24) is 0 Å². The van der Waals surface area contributed by atoms with Crippen molar-refractivity contribution in [1.29, 1.82) is 0 Å². The lowest BCUT2D eigenvalue weighted by atomic mass is 9.45. The number of carbonyl (C=O) groups excluding carboxylic acids is 2. The van der Waals surface area contributed by atoms with E-state index in [1.165, 1.54) is 6.92 Å². The van der Waals surface area contributed by atoms with E-state index in [4.69, 9.17) is 19.9 Å². The lowest BCUT2D eigenvalue weighted by molar-refractivity contribution is -0.234. The van der Waals surface area contributed by atoms with Crippen LogP contribution in [0.4, 0.5) is 0 Å². The Labute approximate surface area is 242 Å². The number of esters is 1. The molecule has 0 aromatic rings. The normalized spacial score (nSPS) is 41.4. The molecular formula is C31H47NO9. The molecule has 10 nitrogen and oxygen atoms in total. The summed E-state index contributed by atoms with van der Waals surface area (Å²) < 4.78 is 18.2. The summed E-state index contributed by atoms with van der Waals surface area (Å²) in [7, 11) is 0. The third kappa shape index (κ3) is 5.39. The van der Waals surface area contributed by atoms with Gasteiger partial charge < -0.3 is 35.3 Å². The highest BCUT2D eigenvalue weighted by molar-refractivity contribution is 5.97. The fourth-order valence-electron chi connectivity index (χ4n) is 9.39. The summed E-state index contributed by atoms with van der Waals surface area (Å²) >= 11 is 0. The fourth-order valence-corrected chi connectivity index (χ4v) is 9.39. The number of hydrogen-bond donors (Lipinski definition) is 4. The standard InChI is InChI=1S/C31H47NO9/c1-16(2)8-18-4-5-20-19-6-7-22-21-11-39-15-31(22,23(19)9-24(35)27(20)26(18)29(36)37)10-25(41-17(3)34)28(21)40-14-30(38,12-32)13-33/h9,16,18-22,25-28,33,38H,4-8,10-15,32H2,1-3H3,(H,36,37)/t18?,19?,20?,21?,22?,25-,26?,27?,28-,30?,31-/m1/s1. The van der Waals surface area contributed by atoms with E-state index in [2.05, 4.69) is 13.8 Å². The van der Waals surface area contributed by atoms with Gasteiger partial charge >= 0.3 is 11.9 Å². The number of nitrogens with two attached hydrogens (primary N) is 1. The summed E-state index contributed by atoms with van der Waals surface area (Å²) in [6.45, 7) is 5.42. The van der Waals surface area contributed by atoms with Crippen LogP contribution in [-0.4, -0.2) is 83.8 Å². The Morgan fingerprint density at radius 3 is 2.61 bits per heavy atom. The number of aliphatic hydroxyl groups excluding tert-OH is 1. The SMILES string of the molecule is CC(=O)O[C@@H]1C[C@@]23COCC(C2CCC2C3=CC(=O)C3C2CCC(CC(C)C)C3C(=O)O)[C@H]1OCC(O)(CN)CO. The molecule has 4 aliphatic carbocycles. The Morgan fingerprint density at radius 2 is 1.98 bits per heavy atom. The number of carboxylic acids is 1. The van der Waals surface area contributed by atoms with E-state index in [1.54, 1.807) is 6.08 Å². The van der Waals surface area contributed by atoms with Gasteiger partial charge in [0.2, 0.25) is 0 Å². The lowest BCUT2D eigenvalue weighted by Gasteiger charge is -2.63. The Bertz CT molecular complexity index is 1050. The van der Waals surface area contributed by atoms with Crippen LogP contribution >= 0.6 is 0 Å². The minimum absolute atomic E-state index is 0.00318. The van der Waals surface area contributed by atoms with Crippen LogP contribution in [0.25, 0.3) is 0 Å². The van der Waals surface area contributed by atoms with Crippen LogP contribution in [0, 0.1) is 52.8 Å². The monoisotopic (exact) mass is 577 g/mol. The highest BCUT2D eigenvalue weighted by Gasteiger charge is 2.64. The molecule has 2 bridgehead atoms. The molecule has 0 radical (unpaired) electrons. The van der Waals surface area contributed by atoms with Gasteiger partial charge in [-0.15, -0.1) is 0 Å². The van der Waals surface area contributed by atoms with Gasteiger partial charge in [-0.1, -0.05) is 19.4 Å². The van der Waals surface area contributed by atoms with Crippen molar-refractivity contribution < 1.29 is 43.9 Å². The van der Waals surface area contributed by atoms with Crippen LogP contribution in [0.15, 0.2) is 11.6 Å². The number of aliphatic hydroxyl groups is 2. The highest BCUT2D eigenvalue weighted by Crippen LogP contribution is 2.64. The van der Waals surface area contributed by atoms with Gasteiger partial charge in [-0.3, -0.25) is 14.4 Å². The van der Waals surface area contributed by atoms with Gasteiger partial charge in [0.25, 0.3) is 0 Å². The van der Waals surface area contributed by atoms with Crippen LogP contribution < -0.4 is 5.73 Å². The summed E-state index contributed by atoms with van der Waals surface area (Å²) in [5, 5.41) is 30.5. The quantitative estimate of drug-likeness (QED) is 0.298. The summed E-state index contributed by atoms with van der Waals surface area (Å²) in [6.07, 6.45) is 5.16. The van der Waals surface area contributed by atoms with Gasteiger partial charge in [-0.25, -0.2) is 0 Å². The number of ether oxygens (including phenoxy) is 3. The zero-order valence-electron chi connectivity index (χ0n) is 24.5. The molecule has 41 heavy (non-hydrogen) atoms. The molecule has 0 spiro atoms. The molecule has 4 fully saturated rings. The van der Waals surface area contributed by atoms with Crippen LogP contribution in [-0.2, 0) is 28.6 Å². The number of carboxylic acid groups (broad SMARTS) is 1. The Hall–Kier alpha value is -1.85. The molecule has 0 aromatic carbocycles. The predicted octanol–water partition coefficient (Wildman–Crippen LogP) is 1.95. The van der Waals surface area contributed by atoms with Gasteiger partial charge in [-0.05, 0) is 74.2 Å². The molecule has 1 heterocycles. The number of carbonyl (C=O) groups is 3. The van der Waals surface area contributed by atoms with E-state index in [0.717, 1.165) is 37.7 Å². The maximum atomic E-state index is 13.9. The molecule has 8 unspecified atom stereocenters. The first-order chi connectivity index (χ1) is 19.4. The molecule has 1 aliphatic heterocycles. The summed E-state index contributed by atoms with van der Waals surface area (Å²) in [6, 6.07) is 0. The van der Waals surface area contributed by atoms with Crippen LogP contribution in [0.1, 0.15) is 59.3 Å². The molecule has 3 saturated carbocycles. The van der Waals surface area contributed by atoms with Crippen molar-refractivity contribution in [2.24, 2.45) is 58.5 Å². The number of rotatable bonds is 9. The summed E-state index contributed by atoms with van der Waals surface area (Å²) in [4.78, 5) is 38.7. The van der Waals surface area contributed by atoms with Gasteiger partial charge in [0, 0.05) is 30.7 Å². The second-order valence-corrected chi connectivity index (χ2v) is 13.9. The van der Waals surface area contributed by atoms with E-state index < -0.39 is 53.6 Å². The predicted molar refractivity (Wildman–Crippen MR) is 147 cm³/mol. The van der Waals surface area contributed by atoms with Gasteiger partial charge in [0.05, 0.1) is 38.4 Å². The maximum Gasteiger partial charge on any atom is 0.307 e. The molecule has 11 atom stereocenters. The zero-order valence-corrected chi connectivity index (χ0v) is 24.5.